The Morgan fingerprint density at radius 3 is 2.22 bits per heavy atom. The van der Waals surface area contributed by atoms with E-state index >= 15 is 0 Å². The van der Waals surface area contributed by atoms with Crippen LogP contribution in [-0.4, -0.2) is 26.7 Å². The summed E-state index contributed by atoms with van der Waals surface area (Å²) in [6.07, 6.45) is 0. The number of nitrogens with zero attached hydrogens (tertiary/aromatic N) is 3. The SMILES string of the molecule is O=C(Nc1ccc(-c2ccccc2)cc1)Nc1ccccc1-c1nn[nH]n1. The minimum Gasteiger partial charge on any atom is -0.308 e. The number of aromatic nitrogens is 4. The van der Waals surface area contributed by atoms with Crippen molar-refractivity contribution in [2.45, 2.75) is 0 Å². The summed E-state index contributed by atoms with van der Waals surface area (Å²) < 4.78 is 0. The van der Waals surface area contributed by atoms with E-state index in [1.54, 1.807) is 6.07 Å². The highest BCUT2D eigenvalue weighted by molar-refractivity contribution is 6.02. The number of H-pyrrole nitrogens is 1. The molecule has 27 heavy (non-hydrogen) atoms. The van der Waals surface area contributed by atoms with Crippen LogP contribution in [0.1, 0.15) is 0 Å². The second-order valence-electron chi connectivity index (χ2n) is 5.80. The standard InChI is InChI=1S/C20H16N6O/c27-20(22-18-9-5-4-8-17(18)19-23-25-26-24-19)21-16-12-10-15(11-13-16)14-6-2-1-3-7-14/h1-13H,(H2,21,22,27)(H,23,24,25,26). The molecule has 1 heterocycles. The molecular weight excluding hydrogens is 340 g/mol. The van der Waals surface area contributed by atoms with E-state index in [1.807, 2.05) is 72.8 Å². The van der Waals surface area contributed by atoms with Crippen LogP contribution in [0.4, 0.5) is 16.2 Å². The van der Waals surface area contributed by atoms with Crippen molar-refractivity contribution < 1.29 is 4.79 Å². The number of amides is 2. The molecule has 0 fully saturated rings. The zero-order chi connectivity index (χ0) is 18.5. The third-order valence-corrected chi connectivity index (χ3v) is 4.01. The number of anilines is 2. The molecule has 7 heteroatoms. The summed E-state index contributed by atoms with van der Waals surface area (Å²) in [7, 11) is 0. The fraction of sp³-hybridized carbons (Fsp3) is 0. The molecule has 3 N–H and O–H groups in total. The number of carbonyl (C=O) groups excluding carboxylic acids is 1. The molecule has 0 spiro atoms. The molecule has 0 saturated heterocycles. The summed E-state index contributed by atoms with van der Waals surface area (Å²) in [6, 6.07) is 24.7. The number of tetrazole rings is 1. The van der Waals surface area contributed by atoms with Crippen LogP contribution in [0.25, 0.3) is 22.5 Å². The molecule has 0 radical (unpaired) electrons. The molecule has 4 rings (SSSR count). The molecule has 1 aromatic heterocycles. The maximum absolute atomic E-state index is 12.4. The summed E-state index contributed by atoms with van der Waals surface area (Å²) in [5.74, 6) is 0.415. The Balaban J connectivity index is 1.46. The molecule has 0 aliphatic carbocycles. The molecule has 4 aromatic rings. The third-order valence-electron chi connectivity index (χ3n) is 4.01. The van der Waals surface area contributed by atoms with Gasteiger partial charge in [-0.15, -0.1) is 10.2 Å². The number of nitrogens with one attached hydrogen (secondary N) is 3. The first-order valence-electron chi connectivity index (χ1n) is 8.36. The first-order chi connectivity index (χ1) is 13.3. The number of para-hydroxylation sites is 1. The van der Waals surface area contributed by atoms with Crippen LogP contribution in [0, 0.1) is 0 Å². The van der Waals surface area contributed by atoms with E-state index in [0.29, 0.717) is 22.8 Å². The predicted molar refractivity (Wildman–Crippen MR) is 104 cm³/mol. The minimum atomic E-state index is -0.349. The Labute approximate surface area is 155 Å². The van der Waals surface area contributed by atoms with Gasteiger partial charge in [0, 0.05) is 11.3 Å². The largest absolute Gasteiger partial charge is 0.323 e. The number of aromatic amines is 1. The first kappa shape index (κ1) is 16.5. The Hall–Kier alpha value is -4.00. The number of carbonyl (C=O) groups is 1. The normalized spacial score (nSPS) is 10.4. The van der Waals surface area contributed by atoms with Gasteiger partial charge in [-0.2, -0.15) is 5.21 Å². The van der Waals surface area contributed by atoms with Crippen LogP contribution in [-0.2, 0) is 0 Å². The van der Waals surface area contributed by atoms with Crippen molar-refractivity contribution in [2.75, 3.05) is 10.6 Å². The summed E-state index contributed by atoms with van der Waals surface area (Å²) in [4.78, 5) is 12.4. The predicted octanol–water partition coefficient (Wildman–Crippen LogP) is 4.18. The molecule has 0 atom stereocenters. The summed E-state index contributed by atoms with van der Waals surface area (Å²) >= 11 is 0. The van der Waals surface area contributed by atoms with Crippen molar-refractivity contribution in [3.8, 4) is 22.5 Å². The number of hydrogen-bond donors (Lipinski definition) is 3. The molecule has 0 aliphatic rings. The quantitative estimate of drug-likeness (QED) is 0.511. The van der Waals surface area contributed by atoms with Gasteiger partial charge in [0.1, 0.15) is 0 Å². The number of rotatable bonds is 4. The summed E-state index contributed by atoms with van der Waals surface area (Å²) in [6.45, 7) is 0. The highest BCUT2D eigenvalue weighted by Crippen LogP contribution is 2.25. The highest BCUT2D eigenvalue weighted by atomic mass is 16.2. The van der Waals surface area contributed by atoms with Crippen LogP contribution in [0.15, 0.2) is 78.9 Å². The van der Waals surface area contributed by atoms with Crippen LogP contribution < -0.4 is 10.6 Å². The van der Waals surface area contributed by atoms with E-state index in [0.717, 1.165) is 11.1 Å². The smallest absolute Gasteiger partial charge is 0.308 e. The lowest BCUT2D eigenvalue weighted by molar-refractivity contribution is 0.262. The molecule has 132 valence electrons. The molecule has 3 aromatic carbocycles. The minimum absolute atomic E-state index is 0.349. The molecule has 2 amide bonds. The monoisotopic (exact) mass is 356 g/mol. The lowest BCUT2D eigenvalue weighted by atomic mass is 10.1. The van der Waals surface area contributed by atoms with Crippen molar-refractivity contribution >= 4 is 17.4 Å². The molecular formula is C20H16N6O. The van der Waals surface area contributed by atoms with Crippen LogP contribution in [0.5, 0.6) is 0 Å². The lowest BCUT2D eigenvalue weighted by Gasteiger charge is -2.10. The number of urea groups is 1. The number of hydrogen-bond acceptors (Lipinski definition) is 4. The second kappa shape index (κ2) is 7.49. The van der Waals surface area contributed by atoms with E-state index in [-0.39, 0.29) is 6.03 Å². The maximum atomic E-state index is 12.4. The van der Waals surface area contributed by atoms with Gasteiger partial charge in [0.2, 0.25) is 5.82 Å². The van der Waals surface area contributed by atoms with Crippen molar-refractivity contribution in [3.05, 3.63) is 78.9 Å². The highest BCUT2D eigenvalue weighted by Gasteiger charge is 2.11. The Morgan fingerprint density at radius 2 is 1.48 bits per heavy atom. The third kappa shape index (κ3) is 3.82. The lowest BCUT2D eigenvalue weighted by Crippen LogP contribution is -2.19. The van der Waals surface area contributed by atoms with Crippen molar-refractivity contribution in [1.29, 1.82) is 0 Å². The van der Waals surface area contributed by atoms with Gasteiger partial charge in [0.25, 0.3) is 0 Å². The summed E-state index contributed by atoms with van der Waals surface area (Å²) in [5, 5.41) is 19.5. The molecule has 0 saturated carbocycles. The van der Waals surface area contributed by atoms with E-state index in [1.165, 1.54) is 0 Å². The van der Waals surface area contributed by atoms with Gasteiger partial charge in [-0.25, -0.2) is 4.79 Å². The Morgan fingerprint density at radius 1 is 0.778 bits per heavy atom. The van der Waals surface area contributed by atoms with Gasteiger partial charge in [0.05, 0.1) is 5.69 Å². The van der Waals surface area contributed by atoms with E-state index in [9.17, 15) is 4.79 Å². The average Bonchev–Trinajstić information content (AvgIpc) is 3.24. The van der Waals surface area contributed by atoms with Gasteiger partial charge in [-0.05, 0) is 40.6 Å². The average molecular weight is 356 g/mol. The molecule has 0 unspecified atom stereocenters. The maximum Gasteiger partial charge on any atom is 0.323 e. The fourth-order valence-corrected chi connectivity index (χ4v) is 2.72. The van der Waals surface area contributed by atoms with Crippen molar-refractivity contribution in [3.63, 3.8) is 0 Å². The van der Waals surface area contributed by atoms with Gasteiger partial charge in [-0.1, -0.05) is 54.6 Å². The van der Waals surface area contributed by atoms with Gasteiger partial charge < -0.3 is 10.6 Å². The Kier molecular flexibility index (Phi) is 4.57. The number of benzene rings is 3. The van der Waals surface area contributed by atoms with Gasteiger partial charge in [-0.3, -0.25) is 0 Å². The second-order valence-corrected chi connectivity index (χ2v) is 5.80. The molecule has 0 aliphatic heterocycles. The fourth-order valence-electron chi connectivity index (χ4n) is 2.72. The van der Waals surface area contributed by atoms with Gasteiger partial charge >= 0.3 is 6.03 Å². The first-order valence-corrected chi connectivity index (χ1v) is 8.36. The van der Waals surface area contributed by atoms with Crippen LogP contribution >= 0.6 is 0 Å². The zero-order valence-corrected chi connectivity index (χ0v) is 14.3. The van der Waals surface area contributed by atoms with E-state index in [2.05, 4.69) is 31.3 Å². The van der Waals surface area contributed by atoms with E-state index in [4.69, 9.17) is 0 Å². The van der Waals surface area contributed by atoms with Crippen molar-refractivity contribution in [2.24, 2.45) is 0 Å². The zero-order valence-electron chi connectivity index (χ0n) is 14.3. The van der Waals surface area contributed by atoms with Crippen LogP contribution in [0.2, 0.25) is 0 Å². The van der Waals surface area contributed by atoms with E-state index < -0.39 is 0 Å². The molecule has 7 nitrogen and oxygen atoms in total. The van der Waals surface area contributed by atoms with Crippen LogP contribution in [0.3, 0.4) is 0 Å². The molecule has 0 bridgehead atoms. The van der Waals surface area contributed by atoms with Gasteiger partial charge in [0.15, 0.2) is 0 Å². The Bertz CT molecular complexity index is 1030. The summed E-state index contributed by atoms with van der Waals surface area (Å²) in [5.41, 5.74) is 4.19. The van der Waals surface area contributed by atoms with Crippen molar-refractivity contribution in [1.82, 2.24) is 20.6 Å². The topological polar surface area (TPSA) is 95.6 Å².